The number of hydrogen-bond acceptors (Lipinski definition) is 7. The Morgan fingerprint density at radius 2 is 1.86 bits per heavy atom. The van der Waals surface area contributed by atoms with E-state index in [9.17, 15) is 14.4 Å². The van der Waals surface area contributed by atoms with Gasteiger partial charge in [-0.2, -0.15) is 0 Å². The molecule has 1 saturated heterocycles. The van der Waals surface area contributed by atoms with Gasteiger partial charge in [0.1, 0.15) is 11.3 Å². The Morgan fingerprint density at radius 1 is 1.10 bits per heavy atom. The van der Waals surface area contributed by atoms with E-state index in [1.165, 1.54) is 30.8 Å². The molecule has 1 aliphatic rings. The van der Waals surface area contributed by atoms with Crippen molar-refractivity contribution >= 4 is 28.4 Å². The van der Waals surface area contributed by atoms with Gasteiger partial charge in [0.25, 0.3) is 11.5 Å². The molecule has 1 fully saturated rings. The summed E-state index contributed by atoms with van der Waals surface area (Å²) in [6.45, 7) is 2.55. The Balaban J connectivity index is 1.69. The minimum Gasteiger partial charge on any atom is -0.378 e. The topological polar surface area (TPSA) is 111 Å². The third-order valence-electron chi connectivity index (χ3n) is 4.88. The molecule has 0 spiro atoms. The molecular weight excluding hydrogens is 376 g/mol. The number of fused-ring (bicyclic) bond motifs is 1. The van der Waals surface area contributed by atoms with E-state index in [0.29, 0.717) is 37.8 Å². The van der Waals surface area contributed by atoms with Crippen LogP contribution in [0.3, 0.4) is 0 Å². The first kappa shape index (κ1) is 18.8. The Bertz CT molecular complexity index is 1210. The number of carbonyl (C=O) groups excluding carboxylic acids is 1. The molecule has 3 aromatic rings. The Labute approximate surface area is 165 Å². The second-order valence-electron chi connectivity index (χ2n) is 6.70. The summed E-state index contributed by atoms with van der Waals surface area (Å²) in [5.74, 6) is 0.203. The van der Waals surface area contributed by atoms with Crippen molar-refractivity contribution < 1.29 is 9.53 Å². The van der Waals surface area contributed by atoms with Crippen LogP contribution in [-0.2, 0) is 18.8 Å². The quantitative estimate of drug-likeness (QED) is 0.669. The Kier molecular flexibility index (Phi) is 4.85. The molecular formula is C19H20N6O4. The summed E-state index contributed by atoms with van der Waals surface area (Å²) in [6.07, 6.45) is 1.67. The lowest BCUT2D eigenvalue weighted by atomic mass is 10.2. The highest BCUT2D eigenvalue weighted by molar-refractivity contribution is 6.05. The lowest BCUT2D eigenvalue weighted by Crippen LogP contribution is -2.37. The minimum absolute atomic E-state index is 0.0949. The van der Waals surface area contributed by atoms with Crippen LogP contribution in [0, 0.1) is 0 Å². The Morgan fingerprint density at radius 3 is 2.62 bits per heavy atom. The third kappa shape index (κ3) is 3.38. The molecule has 1 aliphatic heterocycles. The van der Waals surface area contributed by atoms with E-state index in [4.69, 9.17) is 4.74 Å². The van der Waals surface area contributed by atoms with E-state index in [2.05, 4.69) is 15.3 Å². The maximum absolute atomic E-state index is 12.8. The number of morpholine rings is 1. The van der Waals surface area contributed by atoms with Crippen LogP contribution in [0.2, 0.25) is 0 Å². The van der Waals surface area contributed by atoms with Crippen molar-refractivity contribution in [2.45, 2.75) is 0 Å². The fourth-order valence-corrected chi connectivity index (χ4v) is 3.29. The molecule has 150 valence electrons. The van der Waals surface area contributed by atoms with Crippen molar-refractivity contribution in [3.63, 3.8) is 0 Å². The number of rotatable bonds is 3. The molecule has 0 saturated carbocycles. The van der Waals surface area contributed by atoms with Gasteiger partial charge < -0.3 is 15.0 Å². The van der Waals surface area contributed by atoms with Gasteiger partial charge in [0.05, 0.1) is 24.3 Å². The van der Waals surface area contributed by atoms with Crippen molar-refractivity contribution in [2.24, 2.45) is 14.1 Å². The number of nitrogens with one attached hydrogen (secondary N) is 1. The van der Waals surface area contributed by atoms with Crippen molar-refractivity contribution in [2.75, 3.05) is 36.5 Å². The first-order valence-corrected chi connectivity index (χ1v) is 9.13. The minimum atomic E-state index is -0.505. The van der Waals surface area contributed by atoms with E-state index >= 15 is 0 Å². The van der Waals surface area contributed by atoms with Crippen LogP contribution in [0.4, 0.5) is 11.5 Å². The smallest absolute Gasteiger partial charge is 0.332 e. The predicted octanol–water partition coefficient (Wildman–Crippen LogP) is 0.116. The van der Waals surface area contributed by atoms with Gasteiger partial charge in [-0.15, -0.1) is 0 Å². The highest BCUT2D eigenvalue weighted by Crippen LogP contribution is 2.24. The standard InChI is InChI=1S/C19H20N6O4/c1-23-15-12(18(27)24(2)19(23)28)5-6-14(21-15)17(26)22-13-4-3-7-20-16(13)25-8-10-29-11-9-25/h3-7H,8-11H2,1-2H3,(H,22,26). The zero-order valence-corrected chi connectivity index (χ0v) is 16.1. The number of hydrogen-bond donors (Lipinski definition) is 1. The molecule has 0 atom stereocenters. The van der Waals surface area contributed by atoms with Crippen LogP contribution in [0.5, 0.6) is 0 Å². The predicted molar refractivity (Wildman–Crippen MR) is 107 cm³/mol. The summed E-state index contributed by atoms with van der Waals surface area (Å²) in [7, 11) is 2.91. The van der Waals surface area contributed by atoms with Gasteiger partial charge in [0, 0.05) is 33.4 Å². The number of nitrogens with zero attached hydrogens (tertiary/aromatic N) is 5. The highest BCUT2D eigenvalue weighted by Gasteiger charge is 2.19. The molecule has 1 amide bonds. The van der Waals surface area contributed by atoms with Gasteiger partial charge >= 0.3 is 5.69 Å². The van der Waals surface area contributed by atoms with Gasteiger partial charge in [-0.1, -0.05) is 0 Å². The maximum atomic E-state index is 12.8. The number of pyridine rings is 2. The van der Waals surface area contributed by atoms with Crippen LogP contribution < -0.4 is 21.5 Å². The molecule has 29 heavy (non-hydrogen) atoms. The molecule has 1 N–H and O–H groups in total. The highest BCUT2D eigenvalue weighted by atomic mass is 16.5. The van der Waals surface area contributed by atoms with E-state index in [0.717, 1.165) is 4.57 Å². The number of anilines is 2. The number of aryl methyl sites for hydroxylation is 1. The van der Waals surface area contributed by atoms with E-state index < -0.39 is 17.2 Å². The van der Waals surface area contributed by atoms with Crippen molar-refractivity contribution in [1.29, 1.82) is 0 Å². The summed E-state index contributed by atoms with van der Waals surface area (Å²) in [5.41, 5.74) is -0.152. The molecule has 10 nitrogen and oxygen atoms in total. The number of amides is 1. The fourth-order valence-electron chi connectivity index (χ4n) is 3.29. The van der Waals surface area contributed by atoms with Crippen LogP contribution in [0.25, 0.3) is 11.0 Å². The maximum Gasteiger partial charge on any atom is 0.332 e. The molecule has 0 aromatic carbocycles. The second kappa shape index (κ2) is 7.47. The molecule has 3 aromatic heterocycles. The number of carbonyl (C=O) groups is 1. The summed E-state index contributed by atoms with van der Waals surface area (Å²) >= 11 is 0. The zero-order chi connectivity index (χ0) is 20.5. The molecule has 4 heterocycles. The molecule has 0 radical (unpaired) electrons. The van der Waals surface area contributed by atoms with Crippen molar-refractivity contribution in [1.82, 2.24) is 19.1 Å². The van der Waals surface area contributed by atoms with Gasteiger partial charge in [-0.3, -0.25) is 18.7 Å². The average Bonchev–Trinajstić information content (AvgIpc) is 2.76. The van der Waals surface area contributed by atoms with Crippen LogP contribution in [0.15, 0.2) is 40.1 Å². The van der Waals surface area contributed by atoms with Gasteiger partial charge in [-0.25, -0.2) is 14.8 Å². The van der Waals surface area contributed by atoms with Crippen LogP contribution in [0.1, 0.15) is 10.5 Å². The summed E-state index contributed by atoms with van der Waals surface area (Å²) in [4.78, 5) is 48.0. The van der Waals surface area contributed by atoms with E-state index in [1.54, 1.807) is 18.3 Å². The van der Waals surface area contributed by atoms with Gasteiger partial charge in [0.2, 0.25) is 0 Å². The lowest BCUT2D eigenvalue weighted by Gasteiger charge is -2.29. The average molecular weight is 396 g/mol. The normalized spacial score (nSPS) is 14.2. The third-order valence-corrected chi connectivity index (χ3v) is 4.88. The van der Waals surface area contributed by atoms with Crippen LogP contribution in [-0.4, -0.2) is 51.3 Å². The second-order valence-corrected chi connectivity index (χ2v) is 6.70. The van der Waals surface area contributed by atoms with Crippen LogP contribution >= 0.6 is 0 Å². The molecule has 0 aliphatic carbocycles. The number of aromatic nitrogens is 4. The zero-order valence-electron chi connectivity index (χ0n) is 16.1. The Hall–Kier alpha value is -3.53. The van der Waals surface area contributed by atoms with Gasteiger partial charge in [-0.05, 0) is 24.3 Å². The van der Waals surface area contributed by atoms with Crippen molar-refractivity contribution in [3.8, 4) is 0 Å². The fraction of sp³-hybridized carbons (Fsp3) is 0.316. The largest absolute Gasteiger partial charge is 0.378 e. The molecule has 0 unspecified atom stereocenters. The van der Waals surface area contributed by atoms with E-state index in [1.807, 2.05) is 4.90 Å². The molecule has 4 rings (SSSR count). The molecule has 10 heteroatoms. The summed E-state index contributed by atoms with van der Waals surface area (Å²) < 4.78 is 7.62. The van der Waals surface area contributed by atoms with Gasteiger partial charge in [0.15, 0.2) is 5.82 Å². The molecule has 0 bridgehead atoms. The number of ether oxygens (including phenoxy) is 1. The first-order chi connectivity index (χ1) is 14.0. The SMILES string of the molecule is Cn1c(=O)c2ccc(C(=O)Nc3cccnc3N3CCOCC3)nc2n(C)c1=O. The monoisotopic (exact) mass is 396 g/mol. The lowest BCUT2D eigenvalue weighted by molar-refractivity contribution is 0.102. The summed E-state index contributed by atoms with van der Waals surface area (Å²) in [5, 5.41) is 3.10. The van der Waals surface area contributed by atoms with Crippen molar-refractivity contribution in [3.05, 3.63) is 57.0 Å². The van der Waals surface area contributed by atoms with E-state index in [-0.39, 0.29) is 16.7 Å². The summed E-state index contributed by atoms with van der Waals surface area (Å²) in [6, 6.07) is 6.47. The first-order valence-electron chi connectivity index (χ1n) is 9.13.